The van der Waals surface area contributed by atoms with E-state index >= 15 is 0 Å². The molecule has 1 fully saturated rings. The maximum atomic E-state index is 13.1. The van der Waals surface area contributed by atoms with Crippen LogP contribution in [0.4, 0.5) is 13.2 Å². The second-order valence-corrected chi connectivity index (χ2v) is 11.4. The molecular formula is C22H19BrF3N3O3S2. The summed E-state index contributed by atoms with van der Waals surface area (Å²) in [5, 5.41) is 5.00. The highest BCUT2D eigenvalue weighted by molar-refractivity contribution is 9.10. The van der Waals surface area contributed by atoms with Gasteiger partial charge in [-0.1, -0.05) is 34.1 Å². The summed E-state index contributed by atoms with van der Waals surface area (Å²) in [6.45, 7) is 0.341. The molecule has 0 unspecified atom stereocenters. The van der Waals surface area contributed by atoms with E-state index in [1.807, 2.05) is 0 Å². The number of alkyl halides is 3. The van der Waals surface area contributed by atoms with E-state index in [2.05, 4.69) is 26.2 Å². The summed E-state index contributed by atoms with van der Waals surface area (Å²) >= 11 is 4.53. The molecule has 34 heavy (non-hydrogen) atoms. The van der Waals surface area contributed by atoms with E-state index < -0.39 is 33.7 Å². The van der Waals surface area contributed by atoms with E-state index in [1.165, 1.54) is 39.9 Å². The van der Waals surface area contributed by atoms with Crippen LogP contribution in [0.3, 0.4) is 0 Å². The highest BCUT2D eigenvalue weighted by Crippen LogP contribution is 2.31. The van der Waals surface area contributed by atoms with Crippen molar-refractivity contribution in [3.63, 3.8) is 0 Å². The number of nitrogens with one attached hydrogen (secondary N) is 1. The molecule has 2 heterocycles. The molecule has 3 aromatic rings. The quantitative estimate of drug-likeness (QED) is 0.447. The highest BCUT2D eigenvalue weighted by atomic mass is 79.9. The number of nitrogens with zero attached hydrogens (tertiary/aromatic N) is 2. The Morgan fingerprint density at radius 3 is 2.62 bits per heavy atom. The number of aromatic nitrogens is 1. The zero-order chi connectivity index (χ0) is 24.5. The first-order chi connectivity index (χ1) is 16.1. The topological polar surface area (TPSA) is 79.4 Å². The fraction of sp³-hybridized carbons (Fsp3) is 0.273. The molecule has 1 atom stereocenters. The lowest BCUT2D eigenvalue weighted by Gasteiger charge is -2.23. The number of benzene rings is 2. The van der Waals surface area contributed by atoms with Crippen molar-refractivity contribution < 1.29 is 26.4 Å². The number of hydrogen-bond acceptors (Lipinski definition) is 5. The fourth-order valence-electron chi connectivity index (χ4n) is 3.69. The predicted molar refractivity (Wildman–Crippen MR) is 125 cm³/mol. The largest absolute Gasteiger partial charge is 0.416 e. The van der Waals surface area contributed by atoms with Crippen molar-refractivity contribution in [3.05, 3.63) is 69.0 Å². The van der Waals surface area contributed by atoms with Gasteiger partial charge in [0, 0.05) is 22.0 Å². The van der Waals surface area contributed by atoms with Crippen molar-refractivity contribution in [1.82, 2.24) is 14.6 Å². The third-order valence-corrected chi connectivity index (χ3v) is 8.63. The van der Waals surface area contributed by atoms with Crippen LogP contribution in [0.1, 0.15) is 23.4 Å². The molecule has 2 aromatic carbocycles. The fourth-order valence-corrected chi connectivity index (χ4v) is 6.68. The van der Waals surface area contributed by atoms with Crippen LogP contribution in [0.2, 0.25) is 0 Å². The molecule has 1 aliphatic rings. The van der Waals surface area contributed by atoms with Gasteiger partial charge in [0.1, 0.15) is 11.0 Å². The molecule has 0 radical (unpaired) electrons. The molecule has 1 aromatic heterocycles. The highest BCUT2D eigenvalue weighted by Gasteiger charge is 2.39. The lowest BCUT2D eigenvalue weighted by atomic mass is 10.1. The van der Waals surface area contributed by atoms with E-state index in [0.717, 1.165) is 12.1 Å². The summed E-state index contributed by atoms with van der Waals surface area (Å²) in [5.41, 5.74) is 0.296. The van der Waals surface area contributed by atoms with Gasteiger partial charge in [-0.3, -0.25) is 4.79 Å². The van der Waals surface area contributed by atoms with Gasteiger partial charge in [0.25, 0.3) is 0 Å². The molecule has 0 aliphatic carbocycles. The summed E-state index contributed by atoms with van der Waals surface area (Å²) in [4.78, 5) is 17.3. The van der Waals surface area contributed by atoms with Crippen molar-refractivity contribution in [2.24, 2.45) is 0 Å². The molecule has 1 amide bonds. The molecule has 12 heteroatoms. The van der Waals surface area contributed by atoms with E-state index in [9.17, 15) is 26.4 Å². The summed E-state index contributed by atoms with van der Waals surface area (Å²) in [6, 6.07) is 10.2. The monoisotopic (exact) mass is 573 g/mol. The van der Waals surface area contributed by atoms with Crippen LogP contribution in [0.15, 0.2) is 63.3 Å². The minimum Gasteiger partial charge on any atom is -0.348 e. The predicted octanol–water partition coefficient (Wildman–Crippen LogP) is 5.06. The van der Waals surface area contributed by atoms with Crippen LogP contribution < -0.4 is 5.32 Å². The second kappa shape index (κ2) is 9.76. The molecule has 1 saturated heterocycles. The van der Waals surface area contributed by atoms with Gasteiger partial charge in [0.2, 0.25) is 15.9 Å². The molecule has 180 valence electrons. The van der Waals surface area contributed by atoms with E-state index in [0.29, 0.717) is 33.6 Å². The van der Waals surface area contributed by atoms with Crippen LogP contribution in [-0.4, -0.2) is 36.2 Å². The zero-order valence-corrected chi connectivity index (χ0v) is 20.8. The first-order valence-corrected chi connectivity index (χ1v) is 13.3. The van der Waals surface area contributed by atoms with E-state index in [-0.39, 0.29) is 18.0 Å². The van der Waals surface area contributed by atoms with Crippen molar-refractivity contribution in [2.45, 2.75) is 36.5 Å². The lowest BCUT2D eigenvalue weighted by Crippen LogP contribution is -2.45. The van der Waals surface area contributed by atoms with E-state index in [1.54, 1.807) is 17.5 Å². The molecule has 1 N–H and O–H groups in total. The number of rotatable bonds is 6. The Balaban J connectivity index is 1.41. The lowest BCUT2D eigenvalue weighted by molar-refractivity contribution is -0.137. The average Bonchev–Trinajstić information content (AvgIpc) is 3.47. The summed E-state index contributed by atoms with van der Waals surface area (Å²) < 4.78 is 66.2. The van der Waals surface area contributed by atoms with Gasteiger partial charge in [-0.2, -0.15) is 17.5 Å². The Morgan fingerprint density at radius 2 is 1.94 bits per heavy atom. The standard InChI is InChI=1S/C22H19BrF3N3O3S2/c23-16-3-1-4-17(11-16)34(31,32)29-10-2-5-19(29)21(30)27-12-20-28-18(13-33-20)14-6-8-15(9-7-14)22(24,25)26/h1,3-4,6-9,11,13,19H,2,5,10,12H2,(H,27,30)/t19-/m0/s1. The molecular weight excluding hydrogens is 555 g/mol. The van der Waals surface area contributed by atoms with Crippen LogP contribution in [0.5, 0.6) is 0 Å². The van der Waals surface area contributed by atoms with Gasteiger partial charge in [0.15, 0.2) is 0 Å². The number of thiazole rings is 1. The molecule has 0 saturated carbocycles. The Bertz CT molecular complexity index is 1290. The third-order valence-electron chi connectivity index (χ3n) is 5.38. The number of carbonyl (C=O) groups is 1. The third kappa shape index (κ3) is 5.35. The first-order valence-electron chi connectivity index (χ1n) is 10.2. The van der Waals surface area contributed by atoms with Crippen molar-refractivity contribution >= 4 is 43.2 Å². The minimum atomic E-state index is -4.41. The molecule has 0 bridgehead atoms. The van der Waals surface area contributed by atoms with Gasteiger partial charge in [0.05, 0.1) is 22.7 Å². The van der Waals surface area contributed by atoms with Crippen LogP contribution in [0, 0.1) is 0 Å². The number of carbonyl (C=O) groups excluding carboxylic acids is 1. The maximum absolute atomic E-state index is 13.1. The number of halogens is 4. The summed E-state index contributed by atoms with van der Waals surface area (Å²) in [5.74, 6) is -0.414. The Kier molecular flexibility index (Phi) is 7.13. The molecule has 6 nitrogen and oxygen atoms in total. The van der Waals surface area contributed by atoms with Gasteiger partial charge >= 0.3 is 6.18 Å². The van der Waals surface area contributed by atoms with Gasteiger partial charge < -0.3 is 5.32 Å². The first kappa shape index (κ1) is 24.8. The van der Waals surface area contributed by atoms with Crippen LogP contribution in [-0.2, 0) is 27.5 Å². The molecule has 0 spiro atoms. The Labute approximate surface area is 207 Å². The maximum Gasteiger partial charge on any atom is 0.416 e. The number of amides is 1. The summed E-state index contributed by atoms with van der Waals surface area (Å²) in [6.07, 6.45) is -3.43. The Morgan fingerprint density at radius 1 is 1.21 bits per heavy atom. The number of hydrogen-bond donors (Lipinski definition) is 1. The van der Waals surface area contributed by atoms with Crippen molar-refractivity contribution in [1.29, 1.82) is 0 Å². The van der Waals surface area contributed by atoms with Gasteiger partial charge in [-0.05, 0) is 43.2 Å². The summed E-state index contributed by atoms with van der Waals surface area (Å²) in [7, 11) is -3.83. The minimum absolute atomic E-state index is 0.0887. The van der Waals surface area contributed by atoms with Crippen molar-refractivity contribution in [3.8, 4) is 11.3 Å². The smallest absolute Gasteiger partial charge is 0.348 e. The van der Waals surface area contributed by atoms with Crippen LogP contribution >= 0.6 is 27.3 Å². The zero-order valence-electron chi connectivity index (χ0n) is 17.5. The second-order valence-electron chi connectivity index (χ2n) is 7.65. The van der Waals surface area contributed by atoms with Crippen LogP contribution in [0.25, 0.3) is 11.3 Å². The normalized spacial score (nSPS) is 17.1. The molecule has 4 rings (SSSR count). The Hall–Kier alpha value is -2.28. The average molecular weight is 574 g/mol. The van der Waals surface area contributed by atoms with E-state index in [4.69, 9.17) is 0 Å². The number of sulfonamides is 1. The van der Waals surface area contributed by atoms with Crippen molar-refractivity contribution in [2.75, 3.05) is 6.54 Å². The van der Waals surface area contributed by atoms with Gasteiger partial charge in [-0.25, -0.2) is 13.4 Å². The molecule has 1 aliphatic heterocycles. The SMILES string of the molecule is O=C(NCc1nc(-c2ccc(C(F)(F)F)cc2)cs1)[C@@H]1CCCN1S(=O)(=O)c1cccc(Br)c1. The van der Waals surface area contributed by atoms with Gasteiger partial charge in [-0.15, -0.1) is 11.3 Å².